The van der Waals surface area contributed by atoms with Crippen molar-refractivity contribution in [2.24, 2.45) is 11.8 Å². The number of ketones is 2. The number of anilines is 1. The Labute approximate surface area is 188 Å². The minimum atomic E-state index is -1.22. The van der Waals surface area contributed by atoms with Crippen LogP contribution in [-0.4, -0.2) is 89.2 Å². The number of carbonyl (C=O) groups is 2. The van der Waals surface area contributed by atoms with Gasteiger partial charge in [-0.15, -0.1) is 0 Å². The van der Waals surface area contributed by atoms with Crippen molar-refractivity contribution in [3.63, 3.8) is 0 Å². The summed E-state index contributed by atoms with van der Waals surface area (Å²) in [6.07, 6.45) is -2.28. The fourth-order valence-corrected chi connectivity index (χ4v) is 4.11. The summed E-state index contributed by atoms with van der Waals surface area (Å²) in [7, 11) is 3.68. The molecule has 1 aromatic heterocycles. The molecule has 2 saturated heterocycles. The second-order valence-electron chi connectivity index (χ2n) is 9.23. The standard InChI is InChI=1S/C23H34N2O7/c1-12(13(2)26)23-19(32-23)7-15-11-31-18(22(30)21(15)29)9-16(27)8-17(28)14-5-6-20(24-10-14)25(3)4/h5-6,10,12-13,15,18-19,21-23,26,29-30H,7-9,11H2,1-4H3/t12-,13-,15-,18-,19-,21+,22-,23-/m0/s1. The Balaban J connectivity index is 1.47. The predicted molar refractivity (Wildman–Crippen MR) is 117 cm³/mol. The molecule has 2 aliphatic rings. The maximum Gasteiger partial charge on any atom is 0.171 e. The van der Waals surface area contributed by atoms with Gasteiger partial charge in [-0.05, 0) is 25.5 Å². The Morgan fingerprint density at radius 1 is 1.19 bits per heavy atom. The molecular weight excluding hydrogens is 416 g/mol. The van der Waals surface area contributed by atoms with Crippen LogP contribution in [0.5, 0.6) is 0 Å². The number of aliphatic hydroxyl groups is 3. The van der Waals surface area contributed by atoms with E-state index in [1.807, 2.05) is 25.9 Å². The molecule has 9 nitrogen and oxygen atoms in total. The maximum atomic E-state index is 12.4. The summed E-state index contributed by atoms with van der Waals surface area (Å²) < 4.78 is 11.3. The average Bonchev–Trinajstić information content (AvgIpc) is 3.51. The third kappa shape index (κ3) is 5.90. The highest BCUT2D eigenvalue weighted by molar-refractivity contribution is 6.08. The fraction of sp³-hybridized carbons (Fsp3) is 0.696. The second kappa shape index (κ2) is 10.4. The Hall–Kier alpha value is -1.91. The highest BCUT2D eigenvalue weighted by Gasteiger charge is 2.48. The summed E-state index contributed by atoms with van der Waals surface area (Å²) in [6, 6.07) is 3.34. The van der Waals surface area contributed by atoms with Crippen molar-refractivity contribution in [1.82, 2.24) is 4.98 Å². The first-order valence-corrected chi connectivity index (χ1v) is 11.1. The molecule has 1 aromatic rings. The van der Waals surface area contributed by atoms with E-state index in [-0.39, 0.29) is 55.1 Å². The Bertz CT molecular complexity index is 798. The normalized spacial score (nSPS) is 31.6. The smallest absolute Gasteiger partial charge is 0.171 e. The molecule has 3 rings (SSSR count). The van der Waals surface area contributed by atoms with Crippen LogP contribution >= 0.6 is 0 Å². The number of hydrogen-bond acceptors (Lipinski definition) is 9. The van der Waals surface area contributed by atoms with Crippen molar-refractivity contribution >= 4 is 17.4 Å². The van der Waals surface area contributed by atoms with Gasteiger partial charge in [-0.1, -0.05) is 6.92 Å². The van der Waals surface area contributed by atoms with Gasteiger partial charge in [-0.3, -0.25) is 9.59 Å². The molecule has 0 aliphatic carbocycles. The number of carbonyl (C=O) groups excluding carboxylic acids is 2. The summed E-state index contributed by atoms with van der Waals surface area (Å²) in [5, 5.41) is 30.7. The highest BCUT2D eigenvalue weighted by atomic mass is 16.6. The van der Waals surface area contributed by atoms with Crippen LogP contribution in [0.2, 0.25) is 0 Å². The van der Waals surface area contributed by atoms with Crippen LogP contribution in [0, 0.1) is 11.8 Å². The minimum Gasteiger partial charge on any atom is -0.393 e. The molecule has 9 heteroatoms. The number of pyridine rings is 1. The molecule has 0 amide bonds. The van der Waals surface area contributed by atoms with E-state index < -0.39 is 24.4 Å². The molecule has 0 bridgehead atoms. The van der Waals surface area contributed by atoms with Crippen LogP contribution in [0.15, 0.2) is 18.3 Å². The van der Waals surface area contributed by atoms with Crippen molar-refractivity contribution < 1.29 is 34.4 Å². The van der Waals surface area contributed by atoms with Gasteiger partial charge in [0.25, 0.3) is 0 Å². The number of ether oxygens (including phenoxy) is 2. The fourth-order valence-electron chi connectivity index (χ4n) is 4.11. The Kier molecular flexibility index (Phi) is 8.00. The number of aromatic nitrogens is 1. The average molecular weight is 451 g/mol. The van der Waals surface area contributed by atoms with Crippen LogP contribution in [-0.2, 0) is 14.3 Å². The van der Waals surface area contributed by atoms with Crippen LogP contribution in [0.3, 0.4) is 0 Å². The molecule has 0 aromatic carbocycles. The lowest BCUT2D eigenvalue weighted by Gasteiger charge is -2.37. The lowest BCUT2D eigenvalue weighted by atomic mass is 9.85. The van der Waals surface area contributed by atoms with E-state index in [0.717, 1.165) is 0 Å². The van der Waals surface area contributed by atoms with Crippen LogP contribution < -0.4 is 4.90 Å². The molecule has 2 fully saturated rings. The number of nitrogens with zero attached hydrogens (tertiary/aromatic N) is 2. The first-order chi connectivity index (χ1) is 15.1. The monoisotopic (exact) mass is 450 g/mol. The molecule has 0 unspecified atom stereocenters. The number of epoxide rings is 1. The first kappa shape index (κ1) is 24.7. The van der Waals surface area contributed by atoms with Gasteiger partial charge >= 0.3 is 0 Å². The molecule has 3 heterocycles. The van der Waals surface area contributed by atoms with E-state index in [1.165, 1.54) is 6.20 Å². The summed E-state index contributed by atoms with van der Waals surface area (Å²) in [4.78, 5) is 30.8. The van der Waals surface area contributed by atoms with Gasteiger partial charge in [-0.25, -0.2) is 4.98 Å². The Morgan fingerprint density at radius 3 is 2.50 bits per heavy atom. The van der Waals surface area contributed by atoms with Crippen molar-refractivity contribution in [1.29, 1.82) is 0 Å². The molecular formula is C23H34N2O7. The van der Waals surface area contributed by atoms with Gasteiger partial charge < -0.3 is 29.7 Å². The van der Waals surface area contributed by atoms with E-state index in [0.29, 0.717) is 17.8 Å². The third-order valence-electron chi connectivity index (χ3n) is 6.49. The predicted octanol–water partition coefficient (Wildman–Crippen LogP) is 0.591. The SMILES string of the molecule is C[C@H]([C@@H]1O[C@H]1C[C@H]1CO[C@@H](CC(=O)CC(=O)c2ccc(N(C)C)nc2)[C@H](O)[C@@H]1O)[C@H](C)O. The lowest BCUT2D eigenvalue weighted by molar-refractivity contribution is -0.170. The van der Waals surface area contributed by atoms with Crippen molar-refractivity contribution in [3.05, 3.63) is 23.9 Å². The maximum absolute atomic E-state index is 12.4. The number of hydrogen-bond donors (Lipinski definition) is 3. The van der Waals surface area contributed by atoms with Gasteiger partial charge in [0, 0.05) is 44.1 Å². The third-order valence-corrected chi connectivity index (χ3v) is 6.49. The molecule has 2 aliphatic heterocycles. The van der Waals surface area contributed by atoms with E-state index in [9.17, 15) is 24.9 Å². The van der Waals surface area contributed by atoms with E-state index in [4.69, 9.17) is 9.47 Å². The molecule has 0 radical (unpaired) electrons. The number of aliphatic hydroxyl groups excluding tert-OH is 3. The van der Waals surface area contributed by atoms with Gasteiger partial charge in [0.05, 0.1) is 43.5 Å². The molecule has 178 valence electrons. The van der Waals surface area contributed by atoms with Crippen LogP contribution in [0.1, 0.15) is 43.5 Å². The minimum absolute atomic E-state index is 0.0104. The van der Waals surface area contributed by atoms with E-state index >= 15 is 0 Å². The highest BCUT2D eigenvalue weighted by Crippen LogP contribution is 2.38. The summed E-state index contributed by atoms with van der Waals surface area (Å²) in [5.41, 5.74) is 0.347. The van der Waals surface area contributed by atoms with Gasteiger partial charge in [0.1, 0.15) is 17.7 Å². The second-order valence-corrected chi connectivity index (χ2v) is 9.23. The zero-order valence-electron chi connectivity index (χ0n) is 19.0. The van der Waals surface area contributed by atoms with Crippen molar-refractivity contribution in [2.45, 2.75) is 69.7 Å². The summed E-state index contributed by atoms with van der Waals surface area (Å²) >= 11 is 0. The molecule has 8 atom stereocenters. The largest absolute Gasteiger partial charge is 0.393 e. The topological polar surface area (TPSA) is 133 Å². The quantitative estimate of drug-likeness (QED) is 0.266. The number of rotatable bonds is 10. The van der Waals surface area contributed by atoms with Gasteiger partial charge in [0.15, 0.2) is 5.78 Å². The molecule has 3 N–H and O–H groups in total. The molecule has 0 spiro atoms. The lowest BCUT2D eigenvalue weighted by Crippen LogP contribution is -2.51. The zero-order valence-corrected chi connectivity index (χ0v) is 19.0. The van der Waals surface area contributed by atoms with Crippen molar-refractivity contribution in [2.75, 3.05) is 25.6 Å². The molecule has 32 heavy (non-hydrogen) atoms. The van der Waals surface area contributed by atoms with E-state index in [2.05, 4.69) is 4.98 Å². The summed E-state index contributed by atoms with van der Waals surface area (Å²) in [6.45, 7) is 3.82. The number of Topliss-reactive ketones (excluding diaryl/α,β-unsaturated/α-hetero) is 2. The van der Waals surface area contributed by atoms with Gasteiger partial charge in [-0.2, -0.15) is 0 Å². The van der Waals surface area contributed by atoms with Crippen LogP contribution in [0.25, 0.3) is 0 Å². The van der Waals surface area contributed by atoms with Gasteiger partial charge in [0.2, 0.25) is 0 Å². The zero-order chi connectivity index (χ0) is 23.6. The van der Waals surface area contributed by atoms with E-state index in [1.54, 1.807) is 19.1 Å². The summed E-state index contributed by atoms with van der Waals surface area (Å²) in [5.74, 6) is -0.337. The van der Waals surface area contributed by atoms with Crippen molar-refractivity contribution in [3.8, 4) is 0 Å². The van der Waals surface area contributed by atoms with Crippen LogP contribution in [0.4, 0.5) is 5.82 Å². The Morgan fingerprint density at radius 2 is 1.91 bits per heavy atom. The first-order valence-electron chi connectivity index (χ1n) is 11.1. The molecule has 0 saturated carbocycles.